The van der Waals surface area contributed by atoms with E-state index in [-0.39, 0.29) is 18.6 Å². The molecule has 0 bridgehead atoms. The Hall–Kier alpha value is -4.30. The number of carbonyl (C=O) groups excluding carboxylic acids is 1. The topological polar surface area (TPSA) is 132 Å². The molecule has 0 aliphatic carbocycles. The summed E-state index contributed by atoms with van der Waals surface area (Å²) in [5.74, 6) is -1.22. The second kappa shape index (κ2) is 12.9. The van der Waals surface area contributed by atoms with E-state index < -0.39 is 12.1 Å². The molecule has 0 spiro atoms. The first-order valence-corrected chi connectivity index (χ1v) is 13.9. The minimum absolute atomic E-state index is 0.00205. The number of nitrogens with zero attached hydrogens (tertiary/aromatic N) is 6. The highest BCUT2D eigenvalue weighted by Crippen LogP contribution is 2.39. The minimum Gasteiger partial charge on any atom is -0.475 e. The third-order valence-electron chi connectivity index (χ3n) is 7.54. The van der Waals surface area contributed by atoms with Gasteiger partial charge in [-0.3, -0.25) is 9.78 Å². The number of aliphatic hydroxyl groups excluding tert-OH is 1. The molecule has 1 amide bonds. The van der Waals surface area contributed by atoms with Crippen molar-refractivity contribution in [1.29, 1.82) is 0 Å². The number of carbonyl (C=O) groups is 2. The molecule has 2 N–H and O–H groups in total. The van der Waals surface area contributed by atoms with Gasteiger partial charge < -0.3 is 29.6 Å². The molecule has 2 aromatic heterocycles. The molecular formula is C29H31F3N6O5. The lowest BCUT2D eigenvalue weighted by Crippen LogP contribution is -2.37. The molecule has 228 valence electrons. The largest absolute Gasteiger partial charge is 0.490 e. The molecule has 43 heavy (non-hydrogen) atoms. The van der Waals surface area contributed by atoms with E-state index in [9.17, 15) is 23.1 Å². The Bertz CT molecular complexity index is 1450. The van der Waals surface area contributed by atoms with Crippen LogP contribution in [0.2, 0.25) is 0 Å². The van der Waals surface area contributed by atoms with Gasteiger partial charge in [-0.1, -0.05) is 12.1 Å². The molecule has 1 atom stereocenters. The van der Waals surface area contributed by atoms with Gasteiger partial charge >= 0.3 is 12.1 Å². The first-order valence-electron chi connectivity index (χ1n) is 13.9. The van der Waals surface area contributed by atoms with Gasteiger partial charge in [0, 0.05) is 49.1 Å². The van der Waals surface area contributed by atoms with Gasteiger partial charge in [0.25, 0.3) is 5.91 Å². The minimum atomic E-state index is -5.08. The molecule has 2 fully saturated rings. The van der Waals surface area contributed by atoms with Crippen LogP contribution in [0.3, 0.4) is 0 Å². The number of ether oxygens (including phenoxy) is 1. The van der Waals surface area contributed by atoms with Crippen molar-refractivity contribution in [1.82, 2.24) is 19.9 Å². The number of aliphatic carboxylic acids is 1. The lowest BCUT2D eigenvalue weighted by molar-refractivity contribution is -0.192. The molecule has 5 heterocycles. The van der Waals surface area contributed by atoms with Gasteiger partial charge in [0.05, 0.1) is 43.4 Å². The maximum absolute atomic E-state index is 13.3. The fourth-order valence-corrected chi connectivity index (χ4v) is 5.41. The van der Waals surface area contributed by atoms with Crippen molar-refractivity contribution in [3.8, 4) is 11.3 Å². The van der Waals surface area contributed by atoms with Crippen molar-refractivity contribution in [2.45, 2.75) is 31.5 Å². The van der Waals surface area contributed by atoms with Crippen molar-refractivity contribution in [3.05, 3.63) is 59.9 Å². The van der Waals surface area contributed by atoms with Gasteiger partial charge in [-0.15, -0.1) is 0 Å². The standard InChI is InChI=1S/C27H30N6O3.C2HF3O2/c34-18-22-7-3-10-33(22)26(35)20-5-1-4-19(16-20)24-23-8-11-32(21-6-2-9-28-17-21)25(23)30-27(29-24)31-12-14-36-15-13-31;3-2(4,5)1(6)7/h1-2,4-6,9,16-17,22,34H,3,7-8,10-15,18H2;(H,6,7)/t22-;/m1./s1. The van der Waals surface area contributed by atoms with Crippen LogP contribution in [0.4, 0.5) is 30.6 Å². The summed E-state index contributed by atoms with van der Waals surface area (Å²) in [7, 11) is 0. The van der Waals surface area contributed by atoms with Crippen LogP contribution in [-0.2, 0) is 16.0 Å². The Labute approximate surface area is 245 Å². The van der Waals surface area contributed by atoms with Crippen molar-refractivity contribution in [2.24, 2.45) is 0 Å². The number of pyridine rings is 1. The number of anilines is 3. The highest BCUT2D eigenvalue weighted by molar-refractivity contribution is 5.96. The number of aromatic nitrogens is 3. The molecule has 0 radical (unpaired) electrons. The zero-order valence-corrected chi connectivity index (χ0v) is 23.2. The Kier molecular flexibility index (Phi) is 9.06. The number of likely N-dealkylation sites (tertiary alicyclic amines) is 1. The predicted octanol–water partition coefficient (Wildman–Crippen LogP) is 3.30. The monoisotopic (exact) mass is 600 g/mol. The van der Waals surface area contributed by atoms with Crippen molar-refractivity contribution < 1.29 is 37.7 Å². The van der Waals surface area contributed by atoms with E-state index in [4.69, 9.17) is 24.6 Å². The van der Waals surface area contributed by atoms with Crippen LogP contribution in [0, 0.1) is 0 Å². The fraction of sp³-hybridized carbons (Fsp3) is 0.414. The summed E-state index contributed by atoms with van der Waals surface area (Å²) in [6.07, 6.45) is 1.12. The summed E-state index contributed by atoms with van der Waals surface area (Å²) in [4.78, 5) is 42.8. The molecule has 0 unspecified atom stereocenters. The van der Waals surface area contributed by atoms with E-state index >= 15 is 0 Å². The van der Waals surface area contributed by atoms with E-state index in [1.807, 2.05) is 42.6 Å². The van der Waals surface area contributed by atoms with Crippen LogP contribution >= 0.6 is 0 Å². The maximum Gasteiger partial charge on any atom is 0.490 e. The quantitative estimate of drug-likeness (QED) is 0.450. The highest BCUT2D eigenvalue weighted by Gasteiger charge is 2.38. The van der Waals surface area contributed by atoms with E-state index in [1.165, 1.54) is 0 Å². The number of rotatable bonds is 5. The summed E-state index contributed by atoms with van der Waals surface area (Å²) in [5.41, 5.74) is 4.47. The molecule has 1 aromatic carbocycles. The smallest absolute Gasteiger partial charge is 0.475 e. The Morgan fingerprint density at radius 3 is 2.49 bits per heavy atom. The summed E-state index contributed by atoms with van der Waals surface area (Å²) < 4.78 is 37.3. The zero-order valence-electron chi connectivity index (χ0n) is 23.2. The Morgan fingerprint density at radius 1 is 1.05 bits per heavy atom. The molecule has 6 rings (SSSR count). The average molecular weight is 601 g/mol. The van der Waals surface area contributed by atoms with Gasteiger partial charge in [0.1, 0.15) is 5.82 Å². The third-order valence-corrected chi connectivity index (χ3v) is 7.54. The zero-order chi connectivity index (χ0) is 30.6. The number of benzene rings is 1. The molecule has 3 aromatic rings. The number of hydrogen-bond donors (Lipinski definition) is 2. The number of alkyl halides is 3. The molecule has 0 saturated carbocycles. The number of halogens is 3. The number of amides is 1. The van der Waals surface area contributed by atoms with E-state index in [0.717, 1.165) is 67.2 Å². The van der Waals surface area contributed by atoms with Crippen LogP contribution in [0.5, 0.6) is 0 Å². The van der Waals surface area contributed by atoms with E-state index in [2.05, 4.69) is 14.8 Å². The first kappa shape index (κ1) is 30.2. The first-order chi connectivity index (χ1) is 20.7. The maximum atomic E-state index is 13.3. The molecular weight excluding hydrogens is 569 g/mol. The van der Waals surface area contributed by atoms with Crippen molar-refractivity contribution >= 4 is 29.3 Å². The lowest BCUT2D eigenvalue weighted by Gasteiger charge is -2.28. The lowest BCUT2D eigenvalue weighted by atomic mass is 10.0. The van der Waals surface area contributed by atoms with Crippen LogP contribution in [0.15, 0.2) is 48.8 Å². The molecule has 2 saturated heterocycles. The highest BCUT2D eigenvalue weighted by atomic mass is 19.4. The van der Waals surface area contributed by atoms with Crippen LogP contribution in [-0.4, -0.2) is 100 Å². The molecule has 3 aliphatic heterocycles. The van der Waals surface area contributed by atoms with Gasteiger partial charge in [-0.2, -0.15) is 18.2 Å². The second-order valence-electron chi connectivity index (χ2n) is 10.2. The van der Waals surface area contributed by atoms with Crippen molar-refractivity contribution in [2.75, 3.05) is 55.8 Å². The number of morpholine rings is 1. The summed E-state index contributed by atoms with van der Waals surface area (Å²) in [6, 6.07) is 11.6. The summed E-state index contributed by atoms with van der Waals surface area (Å²) in [6.45, 7) is 4.24. The van der Waals surface area contributed by atoms with Crippen LogP contribution in [0.1, 0.15) is 28.8 Å². The molecule has 3 aliphatic rings. The van der Waals surface area contributed by atoms with Gasteiger partial charge in [0.15, 0.2) is 0 Å². The summed E-state index contributed by atoms with van der Waals surface area (Å²) >= 11 is 0. The predicted molar refractivity (Wildman–Crippen MR) is 150 cm³/mol. The number of fused-ring (bicyclic) bond motifs is 1. The fourth-order valence-electron chi connectivity index (χ4n) is 5.41. The Morgan fingerprint density at radius 2 is 1.81 bits per heavy atom. The third kappa shape index (κ3) is 6.70. The van der Waals surface area contributed by atoms with Crippen LogP contribution < -0.4 is 9.80 Å². The normalized spacial score (nSPS) is 18.2. The number of aliphatic hydroxyl groups is 1. The van der Waals surface area contributed by atoms with Crippen LogP contribution in [0.25, 0.3) is 11.3 Å². The van der Waals surface area contributed by atoms with E-state index in [1.54, 1.807) is 11.1 Å². The number of carboxylic acid groups (broad SMARTS) is 1. The number of carboxylic acids is 1. The average Bonchev–Trinajstić information content (AvgIpc) is 3.68. The Balaban J connectivity index is 0.000000472. The molecule has 14 heteroatoms. The molecule has 11 nitrogen and oxygen atoms in total. The SMILES string of the molecule is O=C(O)C(F)(F)F.O=C(c1cccc(-c2nc(N3CCOCC3)nc3c2CCN3c2cccnc2)c1)N1CCC[C@@H]1CO. The van der Waals surface area contributed by atoms with E-state index in [0.29, 0.717) is 31.3 Å². The van der Waals surface area contributed by atoms with Crippen molar-refractivity contribution in [3.63, 3.8) is 0 Å². The summed E-state index contributed by atoms with van der Waals surface area (Å²) in [5, 5.41) is 16.8. The van der Waals surface area contributed by atoms with Gasteiger partial charge in [0.2, 0.25) is 5.95 Å². The van der Waals surface area contributed by atoms with Gasteiger partial charge in [-0.25, -0.2) is 9.78 Å². The number of hydrogen-bond acceptors (Lipinski definition) is 9. The van der Waals surface area contributed by atoms with Gasteiger partial charge in [-0.05, 0) is 43.5 Å². The second-order valence-corrected chi connectivity index (χ2v) is 10.2.